The minimum atomic E-state index is -4.52. The summed E-state index contributed by atoms with van der Waals surface area (Å²) in [5.41, 5.74) is 3.01. The molecule has 6 rings (SSSR count). The van der Waals surface area contributed by atoms with Crippen LogP contribution in [0.1, 0.15) is 178 Å². The molecule has 494 valence electrons. The molecule has 1 aromatic rings. The second-order valence-corrected chi connectivity index (χ2v) is 27.8. The van der Waals surface area contributed by atoms with E-state index in [1.165, 1.54) is 37.1 Å². The zero-order chi connectivity index (χ0) is 63.4. The van der Waals surface area contributed by atoms with Crippen LogP contribution in [0.4, 0.5) is 13.2 Å². The lowest BCUT2D eigenvalue weighted by atomic mass is 9.74. The number of likely N-dealkylation sites (N-methyl/N-ethyl adjacent to an activating group) is 1. The molecule has 18 heteroatoms. The van der Waals surface area contributed by atoms with Crippen molar-refractivity contribution in [3.63, 3.8) is 0 Å². The number of piperidine rings is 1. The summed E-state index contributed by atoms with van der Waals surface area (Å²) < 4.78 is 47.1. The van der Waals surface area contributed by atoms with Gasteiger partial charge in [-0.05, 0) is 147 Å². The van der Waals surface area contributed by atoms with Crippen molar-refractivity contribution in [1.29, 1.82) is 0 Å². The number of alkyl halides is 3. The fourth-order valence-electron chi connectivity index (χ4n) is 14.5. The number of fused-ring (bicyclic) bond motifs is 2. The summed E-state index contributed by atoms with van der Waals surface area (Å²) in [6, 6.07) is 5.77. The topological polar surface area (TPSA) is 127 Å². The summed E-state index contributed by atoms with van der Waals surface area (Å²) in [5.74, 6) is 1.61. The molecule has 1 spiro atoms. The van der Waals surface area contributed by atoms with Crippen LogP contribution in [0.25, 0.3) is 0 Å². The maximum absolute atomic E-state index is 14.8. The summed E-state index contributed by atoms with van der Waals surface area (Å²) in [7, 11) is 4.12. The highest BCUT2D eigenvalue weighted by Crippen LogP contribution is 2.41. The van der Waals surface area contributed by atoms with Crippen LogP contribution in [-0.2, 0) is 22.1 Å². The van der Waals surface area contributed by atoms with Crippen molar-refractivity contribution in [2.45, 2.75) is 239 Å². The highest BCUT2D eigenvalue weighted by atomic mass is 35.5. The lowest BCUT2D eigenvalue weighted by molar-refractivity contribution is -0.162. The number of ether oxygens (including phenoxy) is 1. The minimum Gasteiger partial charge on any atom is -0.375 e. The van der Waals surface area contributed by atoms with Gasteiger partial charge in [-0.2, -0.15) is 13.2 Å². The lowest BCUT2D eigenvalue weighted by Gasteiger charge is -2.60. The van der Waals surface area contributed by atoms with Crippen molar-refractivity contribution in [1.82, 2.24) is 56.4 Å². The molecular formula is C69H118ClF3N12O2. The number of allylic oxidation sites excluding steroid dienone is 3. The molecule has 87 heavy (non-hydrogen) atoms. The SMILES string of the molecule is CCCOCC1=CN(C)C=CNC(CCc2ccc(C(F)(F)F)c(Cl)c2)=CC=NCCNCC2(CCCC2)NC(C)[C@H](C(C)C)N2C(C)[C@H](C(=O)N3CCCCC3)C2CNC(C)[C@H](CC(C)C)NC[C@H]([C@@H](C)CC)NC(C)[C@H](C)N2CCCC2=CN1C. The number of carbonyl (C=O) groups is 1. The van der Waals surface area contributed by atoms with E-state index < -0.39 is 11.7 Å². The maximum atomic E-state index is 14.8. The Kier molecular flexibility index (Phi) is 29.3. The van der Waals surface area contributed by atoms with E-state index in [1.54, 1.807) is 0 Å². The summed E-state index contributed by atoms with van der Waals surface area (Å²) in [6.45, 7) is 35.7. The van der Waals surface area contributed by atoms with Gasteiger partial charge in [0.25, 0.3) is 0 Å². The monoisotopic (exact) mass is 1240 g/mol. The van der Waals surface area contributed by atoms with Crippen LogP contribution in [0.5, 0.6) is 0 Å². The Labute approximate surface area is 530 Å². The van der Waals surface area contributed by atoms with Gasteiger partial charge in [-0.25, -0.2) is 0 Å². The van der Waals surface area contributed by atoms with E-state index in [-0.39, 0.29) is 70.9 Å². The van der Waals surface area contributed by atoms with Crippen LogP contribution in [0.15, 0.2) is 71.2 Å². The first-order valence-corrected chi connectivity index (χ1v) is 34.3. The Bertz CT molecular complexity index is 2390. The Balaban J connectivity index is 1.31. The minimum absolute atomic E-state index is 0.0560. The van der Waals surface area contributed by atoms with E-state index in [2.05, 4.69) is 154 Å². The number of amides is 1. The highest BCUT2D eigenvalue weighted by molar-refractivity contribution is 6.31. The highest BCUT2D eigenvalue weighted by Gasteiger charge is 2.55. The third-order valence-corrected chi connectivity index (χ3v) is 20.1. The normalized spacial score (nSPS) is 29.2. The van der Waals surface area contributed by atoms with Crippen molar-refractivity contribution in [2.24, 2.45) is 28.7 Å². The molecule has 6 N–H and O–H groups in total. The summed E-state index contributed by atoms with van der Waals surface area (Å²) in [6.07, 6.45) is 21.6. The van der Waals surface area contributed by atoms with Gasteiger partial charge in [0.2, 0.25) is 5.91 Å². The summed E-state index contributed by atoms with van der Waals surface area (Å²) in [5, 5.41) is 23.7. The van der Waals surface area contributed by atoms with Crippen LogP contribution in [0, 0.1) is 23.7 Å². The quantitative estimate of drug-likeness (QED) is 0.105. The molecule has 0 bridgehead atoms. The van der Waals surface area contributed by atoms with E-state index in [0.29, 0.717) is 68.4 Å². The Hall–Kier alpha value is -3.68. The Morgan fingerprint density at radius 1 is 0.874 bits per heavy atom. The molecule has 1 aromatic carbocycles. The van der Waals surface area contributed by atoms with Gasteiger partial charge in [-0.3, -0.25) is 14.7 Å². The summed E-state index contributed by atoms with van der Waals surface area (Å²) >= 11 is 6.17. The molecular weight excluding hydrogens is 1120 g/mol. The molecule has 3 saturated heterocycles. The van der Waals surface area contributed by atoms with Gasteiger partial charge in [0.05, 0.1) is 35.4 Å². The molecule has 11 atom stereocenters. The molecule has 0 radical (unpaired) electrons. The van der Waals surface area contributed by atoms with E-state index in [1.807, 2.05) is 36.6 Å². The number of nitrogens with zero attached hydrogens (tertiary/aromatic N) is 6. The van der Waals surface area contributed by atoms with E-state index in [9.17, 15) is 18.0 Å². The first kappa shape index (κ1) is 72.4. The van der Waals surface area contributed by atoms with Gasteiger partial charge in [0.15, 0.2) is 0 Å². The van der Waals surface area contributed by atoms with Gasteiger partial charge in [0, 0.05) is 169 Å². The smallest absolute Gasteiger partial charge is 0.375 e. The largest absolute Gasteiger partial charge is 0.417 e. The average Bonchev–Trinajstić information content (AvgIpc) is 1.44. The number of likely N-dealkylation sites (tertiary alicyclic amines) is 1. The first-order valence-electron chi connectivity index (χ1n) is 33.9. The molecule has 14 nitrogen and oxygen atoms in total. The molecule has 4 aliphatic heterocycles. The fraction of sp³-hybridized carbons (Fsp3) is 0.768. The lowest BCUT2D eigenvalue weighted by Crippen LogP contribution is -2.76. The zero-order valence-electron chi connectivity index (χ0n) is 56.2. The second-order valence-electron chi connectivity index (χ2n) is 27.4. The third kappa shape index (κ3) is 21.2. The fourth-order valence-corrected chi connectivity index (χ4v) is 14.8. The molecule has 5 aliphatic rings. The van der Waals surface area contributed by atoms with Gasteiger partial charge in [-0.15, -0.1) is 0 Å². The first-order chi connectivity index (χ1) is 41.5. The maximum Gasteiger partial charge on any atom is 0.417 e. The summed E-state index contributed by atoms with van der Waals surface area (Å²) in [4.78, 5) is 31.4. The molecule has 1 saturated carbocycles. The zero-order valence-corrected chi connectivity index (χ0v) is 56.9. The molecule has 4 heterocycles. The van der Waals surface area contributed by atoms with Crippen LogP contribution in [-0.4, -0.2) is 176 Å². The van der Waals surface area contributed by atoms with Crippen LogP contribution in [0.3, 0.4) is 0 Å². The average molecular weight is 1240 g/mol. The number of benzene rings is 1. The van der Waals surface area contributed by atoms with Crippen molar-refractivity contribution in [2.75, 3.05) is 79.7 Å². The number of rotatable bonds is 13. The number of carbonyl (C=O) groups excluding carboxylic acids is 1. The number of nitrogens with one attached hydrogen (secondary N) is 6. The number of aliphatic imine (C=N–C) groups is 1. The number of aryl methyl sites for hydroxylation is 1. The van der Waals surface area contributed by atoms with Crippen molar-refractivity contribution >= 4 is 23.7 Å². The number of hydrogen-bond acceptors (Lipinski definition) is 13. The predicted molar refractivity (Wildman–Crippen MR) is 356 cm³/mol. The third-order valence-electron chi connectivity index (χ3n) is 19.8. The van der Waals surface area contributed by atoms with Crippen LogP contribution in [0.2, 0.25) is 5.02 Å². The predicted octanol–water partition coefficient (Wildman–Crippen LogP) is 11.8. The Morgan fingerprint density at radius 2 is 1.61 bits per heavy atom. The van der Waals surface area contributed by atoms with E-state index in [0.717, 1.165) is 115 Å². The molecule has 0 aromatic heterocycles. The number of halogens is 4. The van der Waals surface area contributed by atoms with Crippen molar-refractivity contribution < 1.29 is 22.7 Å². The van der Waals surface area contributed by atoms with Crippen LogP contribution >= 0.6 is 11.6 Å². The Morgan fingerprint density at radius 3 is 2.28 bits per heavy atom. The number of hydrogen-bond donors (Lipinski definition) is 6. The van der Waals surface area contributed by atoms with E-state index in [4.69, 9.17) is 21.3 Å². The molecule has 1 amide bonds. The van der Waals surface area contributed by atoms with Crippen molar-refractivity contribution in [3.05, 3.63) is 82.3 Å². The molecule has 1 aliphatic carbocycles. The van der Waals surface area contributed by atoms with Gasteiger partial charge in [0.1, 0.15) is 0 Å². The standard InChI is InChI=1S/C69H118ClF3N12O2/c1-15-39-87-46-59-44-81(13)38-34-76-57(26-24-56-25-27-60(61(70)41-56)69(71,72)73)28-31-74-32-33-75-47-68(29-18-19-30-68)80-53(10)66(49(5)6)85-55(12)65(67(86)83-35-20-17-21-36-83)64(85)43-77-52(9)62(40-48(3)4)78-42-63(50(7)16-2)79-51(8)54(11)84-37-22-23-58(84)45-82(59)14/h25,27-28,31,34,38,41,44-45,48-55,62-66,75-80H,15-24,26,29-30,32-33,35-37,39-40,42-43,46-47H2,1-14H3/t50-,51?,52?,53?,54-,55?,62-,63+,64?,65-,66-/m0/s1. The van der Waals surface area contributed by atoms with Gasteiger partial charge >= 0.3 is 6.18 Å². The van der Waals surface area contributed by atoms with E-state index >= 15 is 0 Å². The van der Waals surface area contributed by atoms with Gasteiger partial charge < -0.3 is 56.2 Å². The van der Waals surface area contributed by atoms with Gasteiger partial charge in [-0.1, -0.05) is 85.4 Å². The molecule has 4 fully saturated rings. The second kappa shape index (κ2) is 35.2. The van der Waals surface area contributed by atoms with Crippen LogP contribution < -0.4 is 31.9 Å². The van der Waals surface area contributed by atoms with Crippen molar-refractivity contribution in [3.8, 4) is 0 Å². The molecule has 5 unspecified atom stereocenters.